The van der Waals surface area contributed by atoms with Crippen molar-refractivity contribution in [2.24, 2.45) is 7.05 Å². The Balaban J connectivity index is 1.46. The molecular weight excluding hydrogens is 482 g/mol. The number of aryl methyl sites for hydroxylation is 1. The highest BCUT2D eigenvalue weighted by Crippen LogP contribution is 2.33. The van der Waals surface area contributed by atoms with E-state index < -0.39 is 5.97 Å². The van der Waals surface area contributed by atoms with Gasteiger partial charge < -0.3 is 24.8 Å². The van der Waals surface area contributed by atoms with Crippen molar-refractivity contribution in [2.75, 3.05) is 58.0 Å². The third-order valence-electron chi connectivity index (χ3n) is 7.15. The van der Waals surface area contributed by atoms with Gasteiger partial charge in [-0.1, -0.05) is 12.1 Å². The Labute approximate surface area is 221 Å². The van der Waals surface area contributed by atoms with Crippen LogP contribution in [0.4, 0.5) is 17.3 Å². The average molecular weight is 516 g/mol. The summed E-state index contributed by atoms with van der Waals surface area (Å²) in [6.45, 7) is 6.50. The molecule has 1 aliphatic heterocycles. The number of rotatable bonds is 7. The monoisotopic (exact) mass is 515 g/mol. The van der Waals surface area contributed by atoms with Crippen LogP contribution in [0.2, 0.25) is 0 Å². The lowest BCUT2D eigenvalue weighted by Gasteiger charge is -2.36. The molecule has 1 saturated heterocycles. The third kappa shape index (κ3) is 4.90. The maximum absolute atomic E-state index is 12.8. The van der Waals surface area contributed by atoms with Crippen molar-refractivity contribution in [3.8, 4) is 11.3 Å². The summed E-state index contributed by atoms with van der Waals surface area (Å²) in [5.74, 6) is 0.191. The molecule has 1 aromatic carbocycles. The van der Waals surface area contributed by atoms with Crippen LogP contribution in [0.25, 0.3) is 22.3 Å². The molecule has 4 aromatic rings. The van der Waals surface area contributed by atoms with Gasteiger partial charge in [0, 0.05) is 58.2 Å². The number of piperazine rings is 1. The Hall–Kier alpha value is -4.09. The first kappa shape index (κ1) is 25.6. The molecule has 2 N–H and O–H groups in total. The minimum Gasteiger partial charge on any atom is -0.464 e. The maximum atomic E-state index is 12.8. The van der Waals surface area contributed by atoms with Crippen molar-refractivity contribution >= 4 is 34.3 Å². The van der Waals surface area contributed by atoms with Gasteiger partial charge in [0.25, 0.3) is 0 Å². The van der Waals surface area contributed by atoms with E-state index in [1.807, 2.05) is 23.7 Å². The second-order valence-electron chi connectivity index (χ2n) is 9.53. The molecule has 38 heavy (non-hydrogen) atoms. The molecule has 0 bridgehead atoms. The van der Waals surface area contributed by atoms with E-state index in [0.29, 0.717) is 28.9 Å². The second kappa shape index (κ2) is 10.7. The molecule has 0 amide bonds. The summed E-state index contributed by atoms with van der Waals surface area (Å²) in [6.07, 6.45) is 5.13. The number of anilines is 3. The number of benzene rings is 1. The fourth-order valence-electron chi connectivity index (χ4n) is 4.74. The second-order valence-corrected chi connectivity index (χ2v) is 9.53. The average Bonchev–Trinajstić information content (AvgIpc) is 3.33. The summed E-state index contributed by atoms with van der Waals surface area (Å²) >= 11 is 0. The van der Waals surface area contributed by atoms with Crippen molar-refractivity contribution in [1.82, 2.24) is 34.3 Å². The number of nitrogens with zero attached hydrogens (tertiary/aromatic N) is 7. The quantitative estimate of drug-likeness (QED) is 0.355. The molecule has 11 heteroatoms. The first-order valence-corrected chi connectivity index (χ1v) is 12.6. The molecule has 0 spiro atoms. The molecule has 0 radical (unpaired) electrons. The molecule has 1 aliphatic rings. The lowest BCUT2D eigenvalue weighted by atomic mass is 10.1. The first-order chi connectivity index (χ1) is 18.4. The molecule has 0 unspecified atom stereocenters. The number of nitrogens with one attached hydrogen (secondary N) is 2. The van der Waals surface area contributed by atoms with Crippen LogP contribution >= 0.6 is 0 Å². The zero-order chi connectivity index (χ0) is 26.8. The fourth-order valence-corrected chi connectivity index (χ4v) is 4.74. The largest absolute Gasteiger partial charge is 0.464 e. The number of imidazole rings is 1. The van der Waals surface area contributed by atoms with E-state index in [1.54, 1.807) is 25.8 Å². The summed E-state index contributed by atoms with van der Waals surface area (Å²) < 4.78 is 6.93. The summed E-state index contributed by atoms with van der Waals surface area (Å²) in [4.78, 5) is 35.9. The van der Waals surface area contributed by atoms with Crippen LogP contribution in [0.15, 0.2) is 43.0 Å². The van der Waals surface area contributed by atoms with Crippen LogP contribution in [-0.2, 0) is 11.8 Å². The van der Waals surface area contributed by atoms with Gasteiger partial charge in [-0.3, -0.25) is 9.88 Å². The van der Waals surface area contributed by atoms with Gasteiger partial charge in [0.1, 0.15) is 11.2 Å². The number of esters is 1. The summed E-state index contributed by atoms with van der Waals surface area (Å²) in [7, 11) is 7.15. The van der Waals surface area contributed by atoms with Crippen LogP contribution in [-0.4, -0.2) is 87.7 Å². The predicted octanol–water partition coefficient (Wildman–Crippen LogP) is 3.31. The van der Waals surface area contributed by atoms with E-state index in [4.69, 9.17) is 14.7 Å². The van der Waals surface area contributed by atoms with Gasteiger partial charge in [-0.2, -0.15) is 0 Å². The minimum atomic E-state index is -0.592. The number of hydrogen-bond acceptors (Lipinski definition) is 10. The zero-order valence-corrected chi connectivity index (χ0v) is 22.4. The van der Waals surface area contributed by atoms with Gasteiger partial charge in [-0.15, -0.1) is 0 Å². The number of fused-ring (bicyclic) bond motifs is 1. The number of likely N-dealkylation sites (N-methyl/N-ethyl adjacent to an activating group) is 1. The van der Waals surface area contributed by atoms with Crippen molar-refractivity contribution in [2.45, 2.75) is 13.0 Å². The topological polar surface area (TPSA) is 113 Å². The minimum absolute atomic E-state index is 0.0734. The van der Waals surface area contributed by atoms with Crippen LogP contribution in [0.5, 0.6) is 0 Å². The summed E-state index contributed by atoms with van der Waals surface area (Å²) in [5.41, 5.74) is 4.80. The normalized spacial score (nSPS) is 15.4. The van der Waals surface area contributed by atoms with Gasteiger partial charge in [0.05, 0.1) is 30.7 Å². The SMILES string of the molecule is CNc1nc(Nc2ccc([C@@H](C)N3CCN(C)CC3)cc2)c(C(=O)OC)nc1-c1cncc2c1ncn2C. The molecule has 198 valence electrons. The fraction of sp³-hybridized carbons (Fsp3) is 0.370. The number of pyridine rings is 1. The molecule has 4 heterocycles. The molecular formula is C27H33N9O2. The Morgan fingerprint density at radius 1 is 1.03 bits per heavy atom. The van der Waals surface area contributed by atoms with Crippen molar-refractivity contribution in [3.63, 3.8) is 0 Å². The molecule has 3 aromatic heterocycles. The highest BCUT2D eigenvalue weighted by Gasteiger charge is 2.24. The molecule has 0 saturated carbocycles. The number of hydrogen-bond donors (Lipinski definition) is 2. The van der Waals surface area contributed by atoms with Crippen LogP contribution < -0.4 is 10.6 Å². The maximum Gasteiger partial charge on any atom is 0.360 e. The smallest absolute Gasteiger partial charge is 0.360 e. The Bertz CT molecular complexity index is 1440. The standard InChI is InChI=1S/C27H33N9O2/c1-17(36-12-10-34(3)11-13-36)18-6-8-19(9-7-18)31-26-24(27(37)38-5)32-23(25(28-2)33-26)20-14-29-15-21-22(20)30-16-35(21)4/h6-9,14-17H,10-13H2,1-5H3,(H2,28,31,33)/t17-/m1/s1. The van der Waals surface area contributed by atoms with Gasteiger partial charge in [-0.05, 0) is 31.7 Å². The van der Waals surface area contributed by atoms with Gasteiger partial charge in [-0.25, -0.2) is 19.7 Å². The number of carbonyl (C=O) groups is 1. The molecule has 1 atom stereocenters. The van der Waals surface area contributed by atoms with E-state index in [9.17, 15) is 4.79 Å². The third-order valence-corrected chi connectivity index (χ3v) is 7.15. The highest BCUT2D eigenvalue weighted by atomic mass is 16.5. The van der Waals surface area contributed by atoms with Crippen LogP contribution in [0.1, 0.15) is 29.0 Å². The lowest BCUT2D eigenvalue weighted by Crippen LogP contribution is -2.45. The number of ether oxygens (including phenoxy) is 1. The summed E-state index contributed by atoms with van der Waals surface area (Å²) in [5, 5.41) is 6.37. The lowest BCUT2D eigenvalue weighted by molar-refractivity contribution is 0.0595. The van der Waals surface area contributed by atoms with Gasteiger partial charge in [0.2, 0.25) is 0 Å². The van der Waals surface area contributed by atoms with Gasteiger partial charge in [0.15, 0.2) is 17.3 Å². The number of methoxy groups -OCH3 is 1. The van der Waals surface area contributed by atoms with Crippen LogP contribution in [0.3, 0.4) is 0 Å². The Morgan fingerprint density at radius 2 is 1.76 bits per heavy atom. The van der Waals surface area contributed by atoms with Crippen molar-refractivity contribution in [1.29, 1.82) is 0 Å². The first-order valence-electron chi connectivity index (χ1n) is 12.6. The summed E-state index contributed by atoms with van der Waals surface area (Å²) in [6, 6.07) is 8.53. The number of aromatic nitrogens is 5. The Morgan fingerprint density at radius 3 is 2.45 bits per heavy atom. The van der Waals surface area contributed by atoms with Crippen molar-refractivity contribution < 1.29 is 9.53 Å². The number of carbonyl (C=O) groups excluding carboxylic acids is 1. The van der Waals surface area contributed by atoms with Crippen molar-refractivity contribution in [3.05, 3.63) is 54.2 Å². The van der Waals surface area contributed by atoms with Gasteiger partial charge >= 0.3 is 5.97 Å². The van der Waals surface area contributed by atoms with E-state index >= 15 is 0 Å². The van der Waals surface area contributed by atoms with E-state index in [1.165, 1.54) is 12.7 Å². The Kier molecular flexibility index (Phi) is 7.21. The zero-order valence-electron chi connectivity index (χ0n) is 22.4. The predicted molar refractivity (Wildman–Crippen MR) is 148 cm³/mol. The molecule has 11 nitrogen and oxygen atoms in total. The molecule has 1 fully saturated rings. The molecule has 5 rings (SSSR count). The van der Waals surface area contributed by atoms with Crippen LogP contribution in [0, 0.1) is 0 Å². The van der Waals surface area contributed by atoms with E-state index in [-0.39, 0.29) is 5.69 Å². The highest BCUT2D eigenvalue weighted by molar-refractivity contribution is 5.98. The van der Waals surface area contributed by atoms with E-state index in [0.717, 1.165) is 42.9 Å². The van der Waals surface area contributed by atoms with E-state index in [2.05, 4.69) is 56.5 Å². The molecule has 0 aliphatic carbocycles.